The van der Waals surface area contributed by atoms with Gasteiger partial charge in [-0.25, -0.2) is 4.57 Å². The number of hydrogen-bond acceptors (Lipinski definition) is 7. The first-order chi connectivity index (χ1) is 27.0. The van der Waals surface area contributed by atoms with Crippen LogP contribution in [0.1, 0.15) is 219 Å². The van der Waals surface area contributed by atoms with Crippen LogP contribution in [0, 0.1) is 0 Å². The molecule has 1 N–H and O–H groups in total. The summed E-state index contributed by atoms with van der Waals surface area (Å²) in [6, 6.07) is 0. The lowest BCUT2D eigenvalue weighted by Gasteiger charge is -2.24. The van der Waals surface area contributed by atoms with Gasteiger partial charge in [-0.2, -0.15) is 0 Å². The fraction of sp³-hybridized carbons (Fsp3) is 0.913. The smallest absolute Gasteiger partial charge is 0.462 e. The zero-order valence-electron chi connectivity index (χ0n) is 37.4. The Morgan fingerprint density at radius 1 is 0.536 bits per heavy atom. The van der Waals surface area contributed by atoms with E-state index in [9.17, 15) is 19.0 Å². The molecule has 0 aromatic rings. The molecule has 0 radical (unpaired) electrons. The lowest BCUT2D eigenvalue weighted by Crippen LogP contribution is -2.37. The normalized spacial score (nSPS) is 13.6. The third-order valence-electron chi connectivity index (χ3n) is 10.3. The van der Waals surface area contributed by atoms with Crippen molar-refractivity contribution >= 4 is 19.8 Å². The molecule has 0 aromatic carbocycles. The molecule has 0 bridgehead atoms. The van der Waals surface area contributed by atoms with Gasteiger partial charge in [0, 0.05) is 12.8 Å². The van der Waals surface area contributed by atoms with Gasteiger partial charge in [-0.1, -0.05) is 180 Å². The van der Waals surface area contributed by atoms with Crippen molar-refractivity contribution in [1.29, 1.82) is 0 Å². The SMILES string of the molecule is CCCCCC/C=C/CCCCCCCC(=O)OC[C@H](COP(=O)(O)OCC[N+](C)(C)C)OC(=O)CCCCCCCCCCCCCCCCCCCCC. The second kappa shape index (κ2) is 39.2. The Balaban J connectivity index is 4.27. The van der Waals surface area contributed by atoms with Gasteiger partial charge in [-0.3, -0.25) is 18.6 Å². The van der Waals surface area contributed by atoms with Crippen LogP contribution in [-0.4, -0.2) is 74.9 Å². The minimum Gasteiger partial charge on any atom is -0.462 e. The molecule has 0 aliphatic heterocycles. The summed E-state index contributed by atoms with van der Waals surface area (Å²) in [6.07, 6.45) is 41.1. The van der Waals surface area contributed by atoms with Crippen LogP contribution in [0.3, 0.4) is 0 Å². The van der Waals surface area contributed by atoms with Crippen molar-refractivity contribution in [3.8, 4) is 0 Å². The van der Waals surface area contributed by atoms with Gasteiger partial charge in [0.05, 0.1) is 27.7 Å². The molecule has 0 fully saturated rings. The number of phosphoric acid groups is 1. The molecule has 9 nitrogen and oxygen atoms in total. The summed E-state index contributed by atoms with van der Waals surface area (Å²) in [7, 11) is 1.48. The van der Waals surface area contributed by atoms with Crippen molar-refractivity contribution in [2.24, 2.45) is 0 Å². The number of quaternary nitrogens is 1. The average molecular weight is 817 g/mol. The molecule has 2 atom stereocenters. The number of likely N-dealkylation sites (N-methyl/N-ethyl adjacent to an activating group) is 1. The Kier molecular flexibility index (Phi) is 38.3. The van der Waals surface area contributed by atoms with Crippen molar-refractivity contribution in [1.82, 2.24) is 0 Å². The fourth-order valence-corrected chi connectivity index (χ4v) is 7.34. The van der Waals surface area contributed by atoms with E-state index in [4.69, 9.17) is 18.5 Å². The van der Waals surface area contributed by atoms with Crippen LogP contribution in [0.4, 0.5) is 0 Å². The summed E-state index contributed by atoms with van der Waals surface area (Å²) in [4.78, 5) is 35.4. The number of carbonyl (C=O) groups is 2. The number of unbranched alkanes of at least 4 members (excludes halogenated alkanes) is 27. The van der Waals surface area contributed by atoms with Gasteiger partial charge in [-0.15, -0.1) is 0 Å². The highest BCUT2D eigenvalue weighted by atomic mass is 31.2. The highest BCUT2D eigenvalue weighted by molar-refractivity contribution is 7.47. The molecule has 0 heterocycles. The Morgan fingerprint density at radius 2 is 0.911 bits per heavy atom. The molecule has 0 amide bonds. The second-order valence-corrected chi connectivity index (χ2v) is 18.6. The van der Waals surface area contributed by atoms with Crippen molar-refractivity contribution in [3.63, 3.8) is 0 Å². The molecule has 56 heavy (non-hydrogen) atoms. The van der Waals surface area contributed by atoms with E-state index in [1.807, 2.05) is 21.1 Å². The quantitative estimate of drug-likeness (QED) is 0.0213. The summed E-state index contributed by atoms with van der Waals surface area (Å²) in [5.74, 6) is -0.797. The van der Waals surface area contributed by atoms with Crippen molar-refractivity contribution < 1.29 is 42.1 Å². The Morgan fingerprint density at radius 3 is 1.34 bits per heavy atom. The zero-order valence-corrected chi connectivity index (χ0v) is 38.3. The van der Waals surface area contributed by atoms with Gasteiger partial charge < -0.3 is 18.9 Å². The largest absolute Gasteiger partial charge is 0.472 e. The van der Waals surface area contributed by atoms with E-state index in [1.54, 1.807) is 0 Å². The van der Waals surface area contributed by atoms with Crippen LogP contribution < -0.4 is 0 Å². The van der Waals surface area contributed by atoms with E-state index in [2.05, 4.69) is 26.0 Å². The first-order valence-electron chi connectivity index (χ1n) is 23.4. The number of allylic oxidation sites excluding steroid dienone is 2. The van der Waals surface area contributed by atoms with Gasteiger partial charge >= 0.3 is 19.8 Å². The Hall–Kier alpha value is -1.25. The summed E-state index contributed by atoms with van der Waals surface area (Å²) in [6.45, 7) is 4.43. The molecule has 332 valence electrons. The number of nitrogens with zero attached hydrogens (tertiary/aromatic N) is 1. The van der Waals surface area contributed by atoms with E-state index in [-0.39, 0.29) is 32.0 Å². The molecule has 0 spiro atoms. The van der Waals surface area contributed by atoms with Crippen LogP contribution in [-0.2, 0) is 32.7 Å². The molecule has 0 rings (SSSR count). The number of rotatable bonds is 43. The molecule has 0 aliphatic rings. The standard InChI is InChI=1S/C46H90NO8P/c1-6-8-10-12-14-16-18-20-21-22-23-24-25-27-29-31-33-35-37-39-46(49)55-44(43-54-56(50,51)53-41-40-47(3,4)5)42-52-45(48)38-36-34-32-30-28-26-19-17-15-13-11-9-7-2/h17,19,44H,6-16,18,20-43H2,1-5H3/p+1/b19-17+/t44-/m1/s1. The summed E-state index contributed by atoms with van der Waals surface area (Å²) >= 11 is 0. The van der Waals surface area contributed by atoms with E-state index < -0.39 is 26.5 Å². The minimum absolute atomic E-state index is 0.0337. The molecule has 10 heteroatoms. The van der Waals surface area contributed by atoms with Crippen molar-refractivity contribution in [2.45, 2.75) is 225 Å². The monoisotopic (exact) mass is 817 g/mol. The number of esters is 2. The van der Waals surface area contributed by atoms with E-state index >= 15 is 0 Å². The maximum Gasteiger partial charge on any atom is 0.472 e. The second-order valence-electron chi connectivity index (χ2n) is 17.1. The molecule has 0 saturated carbocycles. The first kappa shape index (κ1) is 54.8. The molecular formula is C46H91NO8P+. The number of phosphoric ester groups is 1. The zero-order chi connectivity index (χ0) is 41.4. The van der Waals surface area contributed by atoms with Gasteiger partial charge in [0.25, 0.3) is 0 Å². The number of hydrogen-bond donors (Lipinski definition) is 1. The van der Waals surface area contributed by atoms with Crippen LogP contribution >= 0.6 is 7.82 Å². The highest BCUT2D eigenvalue weighted by Crippen LogP contribution is 2.43. The highest BCUT2D eigenvalue weighted by Gasteiger charge is 2.27. The van der Waals surface area contributed by atoms with Crippen LogP contribution in [0.25, 0.3) is 0 Å². The maximum atomic E-state index is 12.7. The van der Waals surface area contributed by atoms with Gasteiger partial charge in [0.2, 0.25) is 0 Å². The maximum absolute atomic E-state index is 12.7. The van der Waals surface area contributed by atoms with Crippen LogP contribution in [0.2, 0.25) is 0 Å². The van der Waals surface area contributed by atoms with Crippen molar-refractivity contribution in [2.75, 3.05) is 47.5 Å². The van der Waals surface area contributed by atoms with Crippen molar-refractivity contribution in [3.05, 3.63) is 12.2 Å². The minimum atomic E-state index is -4.37. The van der Waals surface area contributed by atoms with Crippen LogP contribution in [0.5, 0.6) is 0 Å². The Labute approximate surface area is 346 Å². The third-order valence-corrected chi connectivity index (χ3v) is 11.3. The van der Waals surface area contributed by atoms with Gasteiger partial charge in [0.1, 0.15) is 19.8 Å². The Bertz CT molecular complexity index is 969. The number of carbonyl (C=O) groups excluding carboxylic acids is 2. The summed E-state index contributed by atoms with van der Waals surface area (Å²) < 4.78 is 34.3. The third kappa shape index (κ3) is 42.4. The van der Waals surface area contributed by atoms with Gasteiger partial charge in [0.15, 0.2) is 6.10 Å². The molecule has 1 unspecified atom stereocenters. The predicted octanol–water partition coefficient (Wildman–Crippen LogP) is 13.4. The van der Waals surface area contributed by atoms with E-state index in [1.165, 1.54) is 135 Å². The average Bonchev–Trinajstić information content (AvgIpc) is 3.15. The lowest BCUT2D eigenvalue weighted by atomic mass is 10.0. The molecule has 0 saturated heterocycles. The fourth-order valence-electron chi connectivity index (χ4n) is 6.60. The molecular weight excluding hydrogens is 725 g/mol. The molecule has 0 aromatic heterocycles. The topological polar surface area (TPSA) is 108 Å². The summed E-state index contributed by atoms with van der Waals surface area (Å²) in [5, 5.41) is 0. The first-order valence-corrected chi connectivity index (χ1v) is 24.9. The summed E-state index contributed by atoms with van der Waals surface area (Å²) in [5.41, 5.74) is 0. The lowest BCUT2D eigenvalue weighted by molar-refractivity contribution is -0.870. The molecule has 0 aliphatic carbocycles. The predicted molar refractivity (Wildman–Crippen MR) is 234 cm³/mol. The van der Waals surface area contributed by atoms with E-state index in [0.29, 0.717) is 17.4 Å². The van der Waals surface area contributed by atoms with Crippen LogP contribution in [0.15, 0.2) is 12.2 Å². The van der Waals surface area contributed by atoms with E-state index in [0.717, 1.165) is 51.4 Å². The number of ether oxygens (including phenoxy) is 2. The van der Waals surface area contributed by atoms with Gasteiger partial charge in [-0.05, 0) is 38.5 Å².